The molecule has 1 N–H and O–H groups in total. The fourth-order valence-electron chi connectivity index (χ4n) is 3.50. The number of rotatable bonds is 10. The van der Waals surface area contributed by atoms with Crippen molar-refractivity contribution in [3.8, 4) is 0 Å². The molecule has 0 aliphatic heterocycles. The predicted molar refractivity (Wildman–Crippen MR) is 122 cm³/mol. The third-order valence-electron chi connectivity index (χ3n) is 5.17. The smallest absolute Gasteiger partial charge is 0.243 e. The predicted octanol–water partition coefficient (Wildman–Crippen LogP) is 4.28. The van der Waals surface area contributed by atoms with Crippen LogP contribution in [0.4, 0.5) is 4.39 Å². The van der Waals surface area contributed by atoms with Gasteiger partial charge in [-0.3, -0.25) is 14.6 Å². The average Bonchev–Trinajstić information content (AvgIpc) is 2.82. The summed E-state index contributed by atoms with van der Waals surface area (Å²) in [7, 11) is 0. The molecule has 0 aliphatic carbocycles. The standard InChI is InChI=1S/C26H28FN3O2/c1-2-8-25(31)30(19-21-12-14-22(27)15-13-21)24(17-20-9-4-3-5-10-20)26(32)29-18-23-11-6-7-16-28-23/h3-7,9-16,24H,2,8,17-19H2,1H3,(H,29,32)/t24-/m1/s1. The van der Waals surface area contributed by atoms with Crippen LogP contribution in [0.2, 0.25) is 0 Å². The molecule has 1 atom stereocenters. The minimum Gasteiger partial charge on any atom is -0.349 e. The van der Waals surface area contributed by atoms with Crippen LogP contribution in [-0.2, 0) is 29.1 Å². The lowest BCUT2D eigenvalue weighted by atomic mass is 10.0. The number of hydrogen-bond donors (Lipinski definition) is 1. The van der Waals surface area contributed by atoms with Crippen molar-refractivity contribution >= 4 is 11.8 Å². The normalized spacial score (nSPS) is 11.6. The first-order chi connectivity index (χ1) is 15.6. The van der Waals surface area contributed by atoms with Crippen molar-refractivity contribution in [2.45, 2.75) is 45.3 Å². The number of carbonyl (C=O) groups excluding carboxylic acids is 2. The Kier molecular flexibility index (Phi) is 8.49. The summed E-state index contributed by atoms with van der Waals surface area (Å²) in [6, 6.07) is 20.5. The molecule has 3 aromatic rings. The maximum atomic E-state index is 13.4. The number of carbonyl (C=O) groups is 2. The molecule has 0 saturated heterocycles. The quantitative estimate of drug-likeness (QED) is 0.519. The Morgan fingerprint density at radius 1 is 0.969 bits per heavy atom. The monoisotopic (exact) mass is 433 g/mol. The summed E-state index contributed by atoms with van der Waals surface area (Å²) < 4.78 is 13.4. The van der Waals surface area contributed by atoms with E-state index in [0.717, 1.165) is 16.8 Å². The van der Waals surface area contributed by atoms with Crippen LogP contribution in [0.1, 0.15) is 36.6 Å². The molecular weight excluding hydrogens is 405 g/mol. The number of benzene rings is 2. The van der Waals surface area contributed by atoms with Crippen molar-refractivity contribution in [2.24, 2.45) is 0 Å². The molecule has 6 heteroatoms. The second-order valence-corrected chi connectivity index (χ2v) is 7.64. The lowest BCUT2D eigenvalue weighted by Crippen LogP contribution is -2.50. The van der Waals surface area contributed by atoms with Gasteiger partial charge < -0.3 is 10.2 Å². The zero-order valence-electron chi connectivity index (χ0n) is 18.2. The zero-order valence-corrected chi connectivity index (χ0v) is 18.2. The molecular formula is C26H28FN3O2. The molecule has 2 aromatic carbocycles. The van der Waals surface area contributed by atoms with Gasteiger partial charge in [0.1, 0.15) is 11.9 Å². The first-order valence-corrected chi connectivity index (χ1v) is 10.8. The highest BCUT2D eigenvalue weighted by Crippen LogP contribution is 2.17. The van der Waals surface area contributed by atoms with Gasteiger partial charge in [0.15, 0.2) is 0 Å². The van der Waals surface area contributed by atoms with E-state index in [2.05, 4.69) is 10.3 Å². The van der Waals surface area contributed by atoms with E-state index < -0.39 is 6.04 Å². The molecule has 5 nitrogen and oxygen atoms in total. The zero-order chi connectivity index (χ0) is 22.8. The van der Waals surface area contributed by atoms with Gasteiger partial charge in [-0.2, -0.15) is 0 Å². The van der Waals surface area contributed by atoms with E-state index in [1.54, 1.807) is 23.2 Å². The van der Waals surface area contributed by atoms with Gasteiger partial charge in [-0.25, -0.2) is 4.39 Å². The minimum atomic E-state index is -0.704. The Bertz CT molecular complexity index is 995. The Morgan fingerprint density at radius 2 is 1.69 bits per heavy atom. The highest BCUT2D eigenvalue weighted by molar-refractivity contribution is 5.88. The SMILES string of the molecule is CCCC(=O)N(Cc1ccc(F)cc1)[C@H](Cc1ccccc1)C(=O)NCc1ccccn1. The summed E-state index contributed by atoms with van der Waals surface area (Å²) >= 11 is 0. The van der Waals surface area contributed by atoms with Crippen LogP contribution in [0.5, 0.6) is 0 Å². The van der Waals surface area contributed by atoms with E-state index >= 15 is 0 Å². The van der Waals surface area contributed by atoms with Crippen LogP contribution in [0.15, 0.2) is 79.0 Å². The molecule has 1 aromatic heterocycles. The van der Waals surface area contributed by atoms with Gasteiger partial charge in [0.25, 0.3) is 0 Å². The molecule has 0 spiro atoms. The van der Waals surface area contributed by atoms with E-state index in [0.29, 0.717) is 19.3 Å². The number of hydrogen-bond acceptors (Lipinski definition) is 3. The summed E-state index contributed by atoms with van der Waals surface area (Å²) in [5.74, 6) is -0.689. The molecule has 3 rings (SSSR count). The lowest BCUT2D eigenvalue weighted by molar-refractivity contribution is -0.141. The van der Waals surface area contributed by atoms with Crippen LogP contribution < -0.4 is 5.32 Å². The van der Waals surface area contributed by atoms with Gasteiger partial charge in [0.2, 0.25) is 11.8 Å². The average molecular weight is 434 g/mol. The second-order valence-electron chi connectivity index (χ2n) is 7.64. The summed E-state index contributed by atoms with van der Waals surface area (Å²) in [5.41, 5.74) is 2.47. The van der Waals surface area contributed by atoms with E-state index in [-0.39, 0.29) is 30.7 Å². The third kappa shape index (κ3) is 6.74. The molecule has 32 heavy (non-hydrogen) atoms. The molecule has 0 aliphatic rings. The van der Waals surface area contributed by atoms with Crippen LogP contribution in [0, 0.1) is 5.82 Å². The summed E-state index contributed by atoms with van der Waals surface area (Å²) in [6.07, 6.45) is 3.06. The van der Waals surface area contributed by atoms with Gasteiger partial charge in [-0.05, 0) is 41.8 Å². The minimum absolute atomic E-state index is 0.106. The third-order valence-corrected chi connectivity index (χ3v) is 5.17. The van der Waals surface area contributed by atoms with Crippen LogP contribution in [-0.4, -0.2) is 27.7 Å². The maximum Gasteiger partial charge on any atom is 0.243 e. The number of nitrogens with zero attached hydrogens (tertiary/aromatic N) is 2. The number of amides is 2. The van der Waals surface area contributed by atoms with E-state index in [1.165, 1.54) is 12.1 Å². The van der Waals surface area contributed by atoms with Gasteiger partial charge in [0, 0.05) is 25.6 Å². The first-order valence-electron chi connectivity index (χ1n) is 10.8. The summed E-state index contributed by atoms with van der Waals surface area (Å²) in [6.45, 7) is 2.44. The summed E-state index contributed by atoms with van der Waals surface area (Å²) in [4.78, 5) is 32.3. The molecule has 0 bridgehead atoms. The van der Waals surface area contributed by atoms with E-state index in [9.17, 15) is 14.0 Å². The Morgan fingerprint density at radius 3 is 2.34 bits per heavy atom. The van der Waals surface area contributed by atoms with Gasteiger partial charge >= 0.3 is 0 Å². The van der Waals surface area contributed by atoms with Crippen molar-refractivity contribution in [1.82, 2.24) is 15.2 Å². The summed E-state index contributed by atoms with van der Waals surface area (Å²) in [5, 5.41) is 2.94. The van der Waals surface area contributed by atoms with Gasteiger partial charge in [-0.15, -0.1) is 0 Å². The van der Waals surface area contributed by atoms with Crippen LogP contribution >= 0.6 is 0 Å². The van der Waals surface area contributed by atoms with E-state index in [4.69, 9.17) is 0 Å². The van der Waals surface area contributed by atoms with Crippen LogP contribution in [0.25, 0.3) is 0 Å². The molecule has 2 amide bonds. The lowest BCUT2D eigenvalue weighted by Gasteiger charge is -2.31. The molecule has 0 unspecified atom stereocenters. The van der Waals surface area contributed by atoms with Crippen molar-refractivity contribution in [1.29, 1.82) is 0 Å². The van der Waals surface area contributed by atoms with Gasteiger partial charge in [0.05, 0.1) is 12.2 Å². The number of nitrogens with one attached hydrogen (secondary N) is 1. The van der Waals surface area contributed by atoms with Crippen molar-refractivity contribution < 1.29 is 14.0 Å². The second kappa shape index (κ2) is 11.7. The van der Waals surface area contributed by atoms with Crippen molar-refractivity contribution in [3.63, 3.8) is 0 Å². The number of pyridine rings is 1. The van der Waals surface area contributed by atoms with Gasteiger partial charge in [-0.1, -0.05) is 55.5 Å². The highest BCUT2D eigenvalue weighted by atomic mass is 19.1. The van der Waals surface area contributed by atoms with Crippen molar-refractivity contribution in [2.75, 3.05) is 0 Å². The number of halogens is 1. The number of aromatic nitrogens is 1. The maximum absolute atomic E-state index is 13.4. The van der Waals surface area contributed by atoms with Crippen molar-refractivity contribution in [3.05, 3.63) is 102 Å². The molecule has 0 saturated carbocycles. The topological polar surface area (TPSA) is 62.3 Å². The Balaban J connectivity index is 1.87. The first kappa shape index (κ1) is 23.1. The Labute approximate surface area is 188 Å². The van der Waals surface area contributed by atoms with Crippen LogP contribution in [0.3, 0.4) is 0 Å². The molecule has 166 valence electrons. The Hall–Kier alpha value is -3.54. The fraction of sp³-hybridized carbons (Fsp3) is 0.269. The van der Waals surface area contributed by atoms with E-state index in [1.807, 2.05) is 55.5 Å². The highest BCUT2D eigenvalue weighted by Gasteiger charge is 2.29. The molecule has 0 radical (unpaired) electrons. The fourth-order valence-corrected chi connectivity index (χ4v) is 3.50. The molecule has 0 fully saturated rings. The molecule has 1 heterocycles. The largest absolute Gasteiger partial charge is 0.349 e.